The van der Waals surface area contributed by atoms with Gasteiger partial charge in [0, 0.05) is 23.6 Å². The summed E-state index contributed by atoms with van der Waals surface area (Å²) in [4.78, 5) is 0. The highest BCUT2D eigenvalue weighted by Gasteiger charge is 2.36. The van der Waals surface area contributed by atoms with Gasteiger partial charge in [-0.1, -0.05) is 45.7 Å². The average Bonchev–Trinajstić information content (AvgIpc) is 2.42. The van der Waals surface area contributed by atoms with Crippen LogP contribution in [0.2, 0.25) is 5.02 Å². The number of hydrogen-bond donors (Lipinski definition) is 0. The molecule has 1 aliphatic rings. The molecule has 3 nitrogen and oxygen atoms in total. The Bertz CT molecular complexity index is 553. The third-order valence-electron chi connectivity index (χ3n) is 3.70. The summed E-state index contributed by atoms with van der Waals surface area (Å²) < 4.78 is 30.3. The summed E-state index contributed by atoms with van der Waals surface area (Å²) in [5.41, 5.74) is 0.462. The third kappa shape index (κ3) is 4.20. The molecule has 0 spiro atoms. The minimum Gasteiger partial charge on any atom is -0.381 e. The zero-order valence-corrected chi connectivity index (χ0v) is 14.3. The van der Waals surface area contributed by atoms with Gasteiger partial charge in [0.1, 0.15) is 0 Å². The summed E-state index contributed by atoms with van der Waals surface area (Å²) >= 11 is 9.52. The molecule has 0 N–H and O–H groups in total. The molecule has 20 heavy (non-hydrogen) atoms. The molecule has 1 fully saturated rings. The van der Waals surface area contributed by atoms with Crippen molar-refractivity contribution in [3.63, 3.8) is 0 Å². The zero-order chi connectivity index (χ0) is 14.6. The lowest BCUT2D eigenvalue weighted by Gasteiger charge is -2.35. The summed E-state index contributed by atoms with van der Waals surface area (Å²) in [5, 5.41) is 1.20. The maximum absolute atomic E-state index is 12.5. The van der Waals surface area contributed by atoms with Crippen LogP contribution < -0.4 is 0 Å². The molecule has 1 aromatic rings. The Balaban J connectivity index is 2.12. The van der Waals surface area contributed by atoms with E-state index in [1.165, 1.54) is 0 Å². The SMILES string of the molecule is O=S(=O)(Cc1ccccc1Cl)CC1(CBr)CCOCC1. The smallest absolute Gasteiger partial charge is 0.155 e. The number of hydrogen-bond acceptors (Lipinski definition) is 3. The van der Waals surface area contributed by atoms with E-state index in [-0.39, 0.29) is 16.9 Å². The van der Waals surface area contributed by atoms with Gasteiger partial charge in [0.05, 0.1) is 11.5 Å². The van der Waals surface area contributed by atoms with Crippen molar-refractivity contribution in [2.45, 2.75) is 18.6 Å². The fourth-order valence-electron chi connectivity index (χ4n) is 2.49. The van der Waals surface area contributed by atoms with Gasteiger partial charge in [0.15, 0.2) is 9.84 Å². The van der Waals surface area contributed by atoms with Gasteiger partial charge in [0.2, 0.25) is 0 Å². The fraction of sp³-hybridized carbons (Fsp3) is 0.571. The molecule has 0 saturated carbocycles. The molecule has 1 aliphatic heterocycles. The Morgan fingerprint density at radius 2 is 1.90 bits per heavy atom. The molecule has 1 aromatic carbocycles. The first-order valence-electron chi connectivity index (χ1n) is 6.54. The predicted octanol–water partition coefficient (Wildman–Crippen LogP) is 3.45. The van der Waals surface area contributed by atoms with Gasteiger partial charge in [0.25, 0.3) is 0 Å². The van der Waals surface area contributed by atoms with E-state index in [1.807, 2.05) is 6.07 Å². The number of halogens is 2. The molecular weight excluding hydrogens is 364 g/mol. The number of alkyl halides is 1. The van der Waals surface area contributed by atoms with Gasteiger partial charge in [-0.15, -0.1) is 0 Å². The largest absolute Gasteiger partial charge is 0.381 e. The lowest BCUT2D eigenvalue weighted by molar-refractivity contribution is 0.0367. The van der Waals surface area contributed by atoms with Gasteiger partial charge in [-0.3, -0.25) is 0 Å². The highest BCUT2D eigenvalue weighted by atomic mass is 79.9. The van der Waals surface area contributed by atoms with E-state index in [2.05, 4.69) is 15.9 Å². The molecule has 1 heterocycles. The summed E-state index contributed by atoms with van der Waals surface area (Å²) in [7, 11) is -3.20. The third-order valence-corrected chi connectivity index (χ3v) is 7.06. The molecule has 0 amide bonds. The normalized spacial score (nSPS) is 18.9. The highest BCUT2D eigenvalue weighted by molar-refractivity contribution is 9.09. The van der Waals surface area contributed by atoms with Gasteiger partial charge in [-0.2, -0.15) is 0 Å². The summed E-state index contributed by atoms with van der Waals surface area (Å²) in [5.74, 6) is 0.183. The molecule has 0 unspecified atom stereocenters. The molecule has 0 radical (unpaired) electrons. The van der Waals surface area contributed by atoms with Crippen molar-refractivity contribution < 1.29 is 13.2 Å². The van der Waals surface area contributed by atoms with Crippen molar-refractivity contribution in [2.24, 2.45) is 5.41 Å². The molecule has 0 aliphatic carbocycles. The average molecular weight is 382 g/mol. The summed E-state index contributed by atoms with van der Waals surface area (Å²) in [6.45, 7) is 1.26. The van der Waals surface area contributed by atoms with E-state index in [1.54, 1.807) is 18.2 Å². The van der Waals surface area contributed by atoms with Crippen LogP contribution in [0.5, 0.6) is 0 Å². The number of ether oxygens (including phenoxy) is 1. The van der Waals surface area contributed by atoms with Crippen molar-refractivity contribution in [1.29, 1.82) is 0 Å². The predicted molar refractivity (Wildman–Crippen MR) is 85.2 cm³/mol. The molecule has 2 rings (SSSR count). The topological polar surface area (TPSA) is 43.4 Å². The van der Waals surface area contributed by atoms with Crippen LogP contribution in [0.25, 0.3) is 0 Å². The monoisotopic (exact) mass is 380 g/mol. The summed E-state index contributed by atoms with van der Waals surface area (Å²) in [6.07, 6.45) is 1.56. The molecule has 112 valence electrons. The number of rotatable bonds is 5. The van der Waals surface area contributed by atoms with Crippen LogP contribution in [-0.2, 0) is 20.3 Å². The first-order chi connectivity index (χ1) is 9.46. The zero-order valence-electron chi connectivity index (χ0n) is 11.1. The quantitative estimate of drug-likeness (QED) is 0.734. The van der Waals surface area contributed by atoms with Crippen LogP contribution in [-0.4, -0.2) is 32.7 Å². The second-order valence-electron chi connectivity index (χ2n) is 5.37. The molecule has 6 heteroatoms. The van der Waals surface area contributed by atoms with Gasteiger partial charge in [-0.25, -0.2) is 8.42 Å². The number of sulfone groups is 1. The molecule has 1 saturated heterocycles. The maximum Gasteiger partial charge on any atom is 0.155 e. The van der Waals surface area contributed by atoms with Crippen molar-refractivity contribution in [3.8, 4) is 0 Å². The highest BCUT2D eigenvalue weighted by Crippen LogP contribution is 2.35. The minimum atomic E-state index is -3.20. The second kappa shape index (κ2) is 6.77. The van der Waals surface area contributed by atoms with Crippen LogP contribution in [0.3, 0.4) is 0 Å². The van der Waals surface area contributed by atoms with Crippen LogP contribution in [0.15, 0.2) is 24.3 Å². The van der Waals surface area contributed by atoms with E-state index in [9.17, 15) is 8.42 Å². The van der Waals surface area contributed by atoms with E-state index < -0.39 is 9.84 Å². The van der Waals surface area contributed by atoms with Crippen molar-refractivity contribution in [2.75, 3.05) is 24.3 Å². The van der Waals surface area contributed by atoms with Crippen LogP contribution in [0, 0.1) is 5.41 Å². The molecule has 0 bridgehead atoms. The van der Waals surface area contributed by atoms with E-state index in [0.29, 0.717) is 29.1 Å². The van der Waals surface area contributed by atoms with Gasteiger partial charge >= 0.3 is 0 Å². The van der Waals surface area contributed by atoms with Crippen LogP contribution in [0.4, 0.5) is 0 Å². The minimum absolute atomic E-state index is 0.00226. The van der Waals surface area contributed by atoms with Crippen molar-refractivity contribution in [1.82, 2.24) is 0 Å². The Hall–Kier alpha value is -0.100. The maximum atomic E-state index is 12.5. The van der Waals surface area contributed by atoms with Gasteiger partial charge in [-0.05, 0) is 29.9 Å². The van der Waals surface area contributed by atoms with Crippen molar-refractivity contribution >= 4 is 37.4 Å². The Morgan fingerprint density at radius 1 is 1.25 bits per heavy atom. The van der Waals surface area contributed by atoms with E-state index in [4.69, 9.17) is 16.3 Å². The lowest BCUT2D eigenvalue weighted by atomic mass is 9.85. The Morgan fingerprint density at radius 3 is 2.50 bits per heavy atom. The first kappa shape index (κ1) is 16.3. The molecule has 0 aromatic heterocycles. The first-order valence-corrected chi connectivity index (χ1v) is 9.86. The summed E-state index contributed by atoms with van der Waals surface area (Å²) in [6, 6.07) is 7.11. The fourth-order valence-corrected chi connectivity index (χ4v) is 5.95. The standard InChI is InChI=1S/C14H18BrClO3S/c15-10-14(5-7-19-8-6-14)11-20(17,18)9-12-3-1-2-4-13(12)16/h1-4H,5-11H2. The van der Waals surface area contributed by atoms with E-state index in [0.717, 1.165) is 12.8 Å². The Kier molecular flexibility index (Phi) is 5.51. The molecular formula is C14H18BrClO3S. The van der Waals surface area contributed by atoms with Crippen molar-refractivity contribution in [3.05, 3.63) is 34.9 Å². The molecule has 0 atom stereocenters. The second-order valence-corrected chi connectivity index (χ2v) is 8.40. The lowest BCUT2D eigenvalue weighted by Crippen LogP contribution is -2.38. The van der Waals surface area contributed by atoms with Crippen LogP contribution in [0.1, 0.15) is 18.4 Å². The van der Waals surface area contributed by atoms with Gasteiger partial charge < -0.3 is 4.74 Å². The van der Waals surface area contributed by atoms with E-state index >= 15 is 0 Å². The van der Waals surface area contributed by atoms with Crippen LogP contribution >= 0.6 is 27.5 Å². The Labute approximate surface area is 133 Å². The number of benzene rings is 1.